The van der Waals surface area contributed by atoms with Crippen LogP contribution in [0.5, 0.6) is 0 Å². The van der Waals surface area contributed by atoms with Crippen molar-refractivity contribution in [2.75, 3.05) is 0 Å². The van der Waals surface area contributed by atoms with Crippen molar-refractivity contribution >= 4 is 23.3 Å². The highest BCUT2D eigenvalue weighted by Gasteiger charge is 2.39. The average molecular weight is 284 g/mol. The zero-order valence-electron chi connectivity index (χ0n) is 11.8. The zero-order valence-corrected chi connectivity index (χ0v) is 11.8. The summed E-state index contributed by atoms with van der Waals surface area (Å²) in [5, 5.41) is 2.30. The topological polar surface area (TPSA) is 66.5 Å². The predicted octanol–water partition coefficient (Wildman–Crippen LogP) is 1.48. The van der Waals surface area contributed by atoms with Gasteiger partial charge in [0, 0.05) is 13.0 Å². The van der Waals surface area contributed by atoms with Crippen molar-refractivity contribution in [1.29, 1.82) is 0 Å². The molecule has 3 rings (SSSR count). The highest BCUT2D eigenvalue weighted by Crippen LogP contribution is 2.32. The fourth-order valence-electron chi connectivity index (χ4n) is 2.97. The van der Waals surface area contributed by atoms with Gasteiger partial charge >= 0.3 is 0 Å². The van der Waals surface area contributed by atoms with Crippen molar-refractivity contribution < 1.29 is 14.4 Å². The number of hydrogen-bond acceptors (Lipinski definition) is 3. The van der Waals surface area contributed by atoms with Gasteiger partial charge in [-0.25, -0.2) is 0 Å². The summed E-state index contributed by atoms with van der Waals surface area (Å²) in [6.07, 6.45) is 0.649. The summed E-state index contributed by atoms with van der Waals surface area (Å²) < 4.78 is 0. The van der Waals surface area contributed by atoms with Crippen LogP contribution in [-0.4, -0.2) is 28.7 Å². The molecule has 3 amide bonds. The first-order chi connectivity index (χ1) is 9.99. The van der Waals surface area contributed by atoms with Crippen molar-refractivity contribution in [2.45, 2.75) is 32.4 Å². The Morgan fingerprint density at radius 2 is 2.10 bits per heavy atom. The number of piperidine rings is 1. The fraction of sp³-hybridized carbons (Fsp3) is 0.312. The third-order valence-corrected chi connectivity index (χ3v) is 4.01. The minimum absolute atomic E-state index is 0.155. The molecule has 0 bridgehead atoms. The first kappa shape index (κ1) is 13.5. The highest BCUT2D eigenvalue weighted by molar-refractivity contribution is 6.07. The molecule has 0 aromatic heterocycles. The Morgan fingerprint density at radius 3 is 2.76 bits per heavy atom. The van der Waals surface area contributed by atoms with Gasteiger partial charge in [-0.05, 0) is 24.5 Å². The second kappa shape index (κ2) is 4.84. The summed E-state index contributed by atoms with van der Waals surface area (Å²) in [6.45, 7) is 6.17. The molecule has 1 atom stereocenters. The molecule has 0 spiro atoms. The van der Waals surface area contributed by atoms with Gasteiger partial charge in [-0.15, -0.1) is 0 Å². The van der Waals surface area contributed by atoms with E-state index in [0.717, 1.165) is 16.7 Å². The van der Waals surface area contributed by atoms with Gasteiger partial charge in [-0.2, -0.15) is 0 Å². The van der Waals surface area contributed by atoms with Crippen LogP contribution in [-0.2, 0) is 16.1 Å². The van der Waals surface area contributed by atoms with Crippen molar-refractivity contribution in [1.82, 2.24) is 10.2 Å². The molecule has 1 N–H and O–H groups in total. The monoisotopic (exact) mass is 284 g/mol. The van der Waals surface area contributed by atoms with Crippen LogP contribution in [0.3, 0.4) is 0 Å². The van der Waals surface area contributed by atoms with E-state index in [9.17, 15) is 14.4 Å². The fourth-order valence-corrected chi connectivity index (χ4v) is 2.97. The number of rotatable bonds is 2. The van der Waals surface area contributed by atoms with Crippen LogP contribution < -0.4 is 5.32 Å². The van der Waals surface area contributed by atoms with E-state index in [4.69, 9.17) is 0 Å². The summed E-state index contributed by atoms with van der Waals surface area (Å²) in [5.41, 5.74) is 3.19. The largest absolute Gasteiger partial charge is 0.322 e. The maximum absolute atomic E-state index is 12.7. The van der Waals surface area contributed by atoms with E-state index in [1.165, 1.54) is 0 Å². The van der Waals surface area contributed by atoms with Gasteiger partial charge in [0.25, 0.3) is 5.91 Å². The van der Waals surface area contributed by atoms with Gasteiger partial charge in [0.1, 0.15) is 6.04 Å². The zero-order chi connectivity index (χ0) is 15.1. The maximum atomic E-state index is 12.7. The van der Waals surface area contributed by atoms with Crippen molar-refractivity contribution in [3.05, 3.63) is 41.5 Å². The van der Waals surface area contributed by atoms with Gasteiger partial charge in [-0.3, -0.25) is 19.7 Å². The Balaban J connectivity index is 1.94. The van der Waals surface area contributed by atoms with E-state index >= 15 is 0 Å². The van der Waals surface area contributed by atoms with Crippen LogP contribution in [0.15, 0.2) is 24.8 Å². The van der Waals surface area contributed by atoms with Crippen LogP contribution in [0.4, 0.5) is 0 Å². The van der Waals surface area contributed by atoms with E-state index in [-0.39, 0.29) is 24.1 Å². The first-order valence-corrected chi connectivity index (χ1v) is 6.91. The number of amides is 3. The molecular formula is C16H16N2O3. The second-order valence-corrected chi connectivity index (χ2v) is 5.52. The Kier molecular flexibility index (Phi) is 3.12. The number of imide groups is 1. The Bertz CT molecular complexity index is 678. The molecule has 5 nitrogen and oxygen atoms in total. The van der Waals surface area contributed by atoms with Gasteiger partial charge in [0.15, 0.2) is 0 Å². The van der Waals surface area contributed by atoms with Crippen molar-refractivity contribution in [3.8, 4) is 0 Å². The summed E-state index contributed by atoms with van der Waals surface area (Å²) in [7, 11) is 0. The number of carbonyl (C=O) groups is 3. The summed E-state index contributed by atoms with van der Waals surface area (Å²) in [4.78, 5) is 37.4. The Labute approximate surface area is 122 Å². The number of allylic oxidation sites excluding steroid dienone is 1. The Morgan fingerprint density at radius 1 is 1.33 bits per heavy atom. The minimum atomic E-state index is -0.569. The molecule has 2 aliphatic rings. The number of nitrogens with one attached hydrogen (secondary N) is 1. The molecule has 108 valence electrons. The molecule has 5 heteroatoms. The van der Waals surface area contributed by atoms with Crippen LogP contribution in [0.1, 0.15) is 41.3 Å². The second-order valence-electron chi connectivity index (χ2n) is 5.52. The van der Waals surface area contributed by atoms with Gasteiger partial charge in [0.2, 0.25) is 11.8 Å². The van der Waals surface area contributed by atoms with Crippen molar-refractivity contribution in [2.24, 2.45) is 0 Å². The van der Waals surface area contributed by atoms with E-state index < -0.39 is 6.04 Å². The lowest BCUT2D eigenvalue weighted by molar-refractivity contribution is -0.136. The molecule has 2 heterocycles. The van der Waals surface area contributed by atoms with Crippen LogP contribution in [0, 0.1) is 0 Å². The quantitative estimate of drug-likeness (QED) is 0.837. The van der Waals surface area contributed by atoms with Crippen LogP contribution in [0.25, 0.3) is 5.57 Å². The lowest BCUT2D eigenvalue weighted by atomic mass is 9.98. The number of fused-ring (bicyclic) bond motifs is 1. The molecule has 0 unspecified atom stereocenters. The number of hydrogen-bond donors (Lipinski definition) is 1. The predicted molar refractivity (Wildman–Crippen MR) is 77.2 cm³/mol. The number of benzene rings is 1. The van der Waals surface area contributed by atoms with E-state index in [0.29, 0.717) is 18.5 Å². The van der Waals surface area contributed by atoms with Crippen LogP contribution in [0.2, 0.25) is 0 Å². The summed E-state index contributed by atoms with van der Waals surface area (Å²) in [5.74, 6) is -0.814. The van der Waals surface area contributed by atoms with E-state index in [1.807, 2.05) is 25.1 Å². The van der Waals surface area contributed by atoms with Gasteiger partial charge in [0.05, 0.1) is 5.56 Å². The molecule has 0 aliphatic carbocycles. The molecular weight excluding hydrogens is 268 g/mol. The lowest BCUT2D eigenvalue weighted by Crippen LogP contribution is -2.52. The normalized spacial score (nSPS) is 21.3. The van der Waals surface area contributed by atoms with E-state index in [1.54, 1.807) is 4.90 Å². The average Bonchev–Trinajstić information content (AvgIpc) is 2.76. The molecule has 1 fully saturated rings. The summed E-state index contributed by atoms with van der Waals surface area (Å²) >= 11 is 0. The number of nitrogens with zero attached hydrogens (tertiary/aromatic N) is 1. The van der Waals surface area contributed by atoms with Gasteiger partial charge < -0.3 is 4.90 Å². The smallest absolute Gasteiger partial charge is 0.255 e. The maximum Gasteiger partial charge on any atom is 0.255 e. The third kappa shape index (κ3) is 2.14. The van der Waals surface area contributed by atoms with Gasteiger partial charge in [-0.1, -0.05) is 30.4 Å². The third-order valence-electron chi connectivity index (χ3n) is 4.01. The lowest BCUT2D eigenvalue weighted by Gasteiger charge is -2.29. The summed E-state index contributed by atoms with van der Waals surface area (Å²) in [6, 6.07) is 5.09. The molecule has 1 aromatic rings. The van der Waals surface area contributed by atoms with Crippen LogP contribution >= 0.6 is 0 Å². The SMILES string of the molecule is C=C(C)c1cccc2c1C(=O)N([C@H]1CCC(=O)NC1=O)C2. The first-order valence-electron chi connectivity index (χ1n) is 6.91. The molecule has 0 radical (unpaired) electrons. The molecule has 1 aromatic carbocycles. The standard InChI is InChI=1S/C16H16N2O3/c1-9(2)11-5-3-4-10-8-18(16(21)14(10)11)12-6-7-13(19)17-15(12)20/h3-5,12H,1,6-8H2,2H3,(H,17,19,20)/t12-/m0/s1. The molecule has 2 aliphatic heterocycles. The molecule has 21 heavy (non-hydrogen) atoms. The van der Waals surface area contributed by atoms with Crippen molar-refractivity contribution in [3.63, 3.8) is 0 Å². The highest BCUT2D eigenvalue weighted by atomic mass is 16.2. The Hall–Kier alpha value is -2.43. The van der Waals surface area contributed by atoms with E-state index in [2.05, 4.69) is 11.9 Å². The number of carbonyl (C=O) groups excluding carboxylic acids is 3. The minimum Gasteiger partial charge on any atom is -0.322 e. The molecule has 1 saturated heterocycles. The molecule has 0 saturated carbocycles.